The van der Waals surface area contributed by atoms with Gasteiger partial charge in [0.25, 0.3) is 0 Å². The van der Waals surface area contributed by atoms with Gasteiger partial charge in [0.15, 0.2) is 36.4 Å². The van der Waals surface area contributed by atoms with Crippen LogP contribution >= 0.6 is 0 Å². The summed E-state index contributed by atoms with van der Waals surface area (Å²) < 4.78 is 22.9. The summed E-state index contributed by atoms with van der Waals surface area (Å²) in [6, 6.07) is -4.08. The number of hydrogen-bond acceptors (Lipinski definition) is 15. The normalized spacial score (nSPS) is 47.4. The van der Waals surface area contributed by atoms with E-state index in [4.69, 9.17) is 41.9 Å². The van der Waals surface area contributed by atoms with E-state index in [9.17, 15) is 40.5 Å². The van der Waals surface area contributed by atoms with Crippen LogP contribution in [0.5, 0.6) is 0 Å². The summed E-state index contributed by atoms with van der Waals surface area (Å²) in [6.07, 6.45) is -17.3. The molecule has 1 aliphatic carbocycles. The Balaban J connectivity index is 1.96. The van der Waals surface area contributed by atoms with Crippen LogP contribution < -0.4 is 28.3 Å². The number of ether oxygens (including phenoxy) is 4. The predicted octanol–water partition coefficient (Wildman–Crippen LogP) is -8.16. The number of nitrogens with two attached hydrogens (primary N) is 4. The smallest absolute Gasteiger partial charge is 0.188 e. The van der Waals surface area contributed by atoms with Crippen LogP contribution in [0.3, 0.4) is 0 Å². The van der Waals surface area contributed by atoms with Crippen molar-refractivity contribution in [2.24, 2.45) is 32.9 Å². The highest BCUT2D eigenvalue weighted by Gasteiger charge is 2.60. The molecule has 0 aromatic rings. The fraction of sp³-hybridized carbons (Fsp3) is 0.857. The van der Waals surface area contributed by atoms with Crippen LogP contribution in [-0.4, -0.2) is 159 Å². The molecule has 15 atom stereocenters. The average Bonchev–Trinajstić information content (AvgIpc) is 3.13. The Morgan fingerprint density at radius 3 is 2.02 bits per heavy atom. The number of likely N-dealkylation sites (N-methyl/N-ethyl adjacent to an activating group) is 1. The number of nitrogens with one attached hydrogen (secondary N) is 1. The first-order chi connectivity index (χ1) is 18.7. The first-order valence-electron chi connectivity index (χ1n) is 12.4. The molecule has 19 nitrogen and oxygen atoms in total. The number of aliphatic hydroxyl groups excluding tert-OH is 6. The quantitative estimate of drug-likeness (QED) is 0.0682. The molecule has 0 aromatic carbocycles. The number of carbonyl (C=O) groups excluding carboxylic acids is 1. The van der Waals surface area contributed by atoms with Gasteiger partial charge in [0.05, 0.1) is 18.8 Å². The molecular weight excluding hydrogens is 542 g/mol. The van der Waals surface area contributed by atoms with Crippen LogP contribution in [0, 0.1) is 0 Å². The van der Waals surface area contributed by atoms with Crippen molar-refractivity contribution in [3.05, 3.63) is 0 Å². The molecule has 0 aromatic heterocycles. The molecule has 2 aliphatic heterocycles. The van der Waals surface area contributed by atoms with Gasteiger partial charge in [-0.25, -0.2) is 9.98 Å². The third-order valence-corrected chi connectivity index (χ3v) is 7.34. The highest BCUT2D eigenvalue weighted by molar-refractivity contribution is 5.76. The molecule has 0 bridgehead atoms. The molecule has 0 amide bonds. The number of carbonyl (C=O) groups is 1. The SMILES string of the molecule is CNC1C(O)[C@@H](O)C(CO)O[C@H]1OC1[C@H](OC2C(O)[C@@H](O)C(N=C(N)N)C(O)[C@@H]2N=C(N)N)O[C@@H](C)C1(O)C=O. The van der Waals surface area contributed by atoms with Crippen molar-refractivity contribution in [3.63, 3.8) is 0 Å². The zero-order chi connectivity index (χ0) is 30.1. The van der Waals surface area contributed by atoms with Gasteiger partial charge in [-0.05, 0) is 14.0 Å². The minimum Gasteiger partial charge on any atom is -0.394 e. The Kier molecular flexibility index (Phi) is 10.2. The number of nitrogens with zero attached hydrogens (tertiary/aromatic N) is 2. The molecule has 0 radical (unpaired) electrons. The number of aliphatic hydroxyl groups is 7. The van der Waals surface area contributed by atoms with E-state index in [0.717, 1.165) is 0 Å². The topological polar surface area (TPSA) is 336 Å². The Morgan fingerprint density at radius 2 is 1.50 bits per heavy atom. The van der Waals surface area contributed by atoms with Crippen LogP contribution in [0.25, 0.3) is 0 Å². The molecule has 3 fully saturated rings. The summed E-state index contributed by atoms with van der Waals surface area (Å²) in [5, 5.41) is 76.6. The maximum Gasteiger partial charge on any atom is 0.188 e. The van der Waals surface area contributed by atoms with Crippen LogP contribution in [0.4, 0.5) is 0 Å². The van der Waals surface area contributed by atoms with Crippen molar-refractivity contribution >= 4 is 18.2 Å². The molecule has 230 valence electrons. The van der Waals surface area contributed by atoms with E-state index in [1.54, 1.807) is 0 Å². The summed E-state index contributed by atoms with van der Waals surface area (Å²) in [7, 11) is 1.42. The zero-order valence-electron chi connectivity index (χ0n) is 21.7. The Bertz CT molecular complexity index is 940. The zero-order valence-corrected chi connectivity index (χ0v) is 21.7. The second kappa shape index (κ2) is 12.7. The molecule has 0 spiro atoms. The first kappa shape index (κ1) is 32.2. The Hall–Kier alpha value is -2.27. The molecule has 19 heteroatoms. The molecule has 1 saturated carbocycles. The third-order valence-electron chi connectivity index (χ3n) is 7.34. The van der Waals surface area contributed by atoms with Gasteiger partial charge in [0.2, 0.25) is 0 Å². The van der Waals surface area contributed by atoms with Crippen molar-refractivity contribution in [1.82, 2.24) is 5.32 Å². The number of aliphatic imine (C=N–C) groups is 2. The van der Waals surface area contributed by atoms with E-state index in [1.807, 2.05) is 0 Å². The molecular formula is C21H39N7O12. The van der Waals surface area contributed by atoms with Gasteiger partial charge in [-0.1, -0.05) is 0 Å². The van der Waals surface area contributed by atoms with Crippen LogP contribution in [0.2, 0.25) is 0 Å². The van der Waals surface area contributed by atoms with Crippen LogP contribution in [0.1, 0.15) is 6.92 Å². The maximum atomic E-state index is 12.1. The number of guanidine groups is 2. The standard InChI is InChI=1S/C21H39N7O12/c1-5-21(36,4-30)16(40-17-9(26-2)13(34)10(31)6(3-29)38-17)18(37-5)39-15-8(28-20(24)25)11(32)7(27-19(22)23)12(33)14(15)35/h4-18,26,29,31-36H,3H2,1-2H3,(H4,22,23,27)(H4,24,25,28)/t5-,6?,7?,8-,9?,10-,11?,12-,13?,14?,15?,16?,17-,18-,21?/m0/s1. The highest BCUT2D eigenvalue weighted by Crippen LogP contribution is 2.38. The van der Waals surface area contributed by atoms with Gasteiger partial charge in [0, 0.05) is 0 Å². The second-order valence-corrected chi connectivity index (χ2v) is 9.89. The highest BCUT2D eigenvalue weighted by atomic mass is 16.8. The lowest BCUT2D eigenvalue weighted by Crippen LogP contribution is -2.66. The maximum absolute atomic E-state index is 12.1. The van der Waals surface area contributed by atoms with Gasteiger partial charge in [-0.2, -0.15) is 0 Å². The number of aldehydes is 1. The molecule has 40 heavy (non-hydrogen) atoms. The van der Waals surface area contributed by atoms with Gasteiger partial charge in [0.1, 0.15) is 60.9 Å². The molecule has 2 heterocycles. The van der Waals surface area contributed by atoms with E-state index >= 15 is 0 Å². The van der Waals surface area contributed by atoms with E-state index in [-0.39, 0.29) is 6.29 Å². The summed E-state index contributed by atoms with van der Waals surface area (Å²) in [4.78, 5) is 19.7. The van der Waals surface area contributed by atoms with E-state index in [0.29, 0.717) is 0 Å². The Labute approximate surface area is 228 Å². The van der Waals surface area contributed by atoms with Crippen molar-refractivity contribution in [3.8, 4) is 0 Å². The fourth-order valence-corrected chi connectivity index (χ4v) is 5.08. The van der Waals surface area contributed by atoms with E-state index in [2.05, 4.69) is 15.3 Å². The lowest BCUT2D eigenvalue weighted by molar-refractivity contribution is -0.314. The Morgan fingerprint density at radius 1 is 0.900 bits per heavy atom. The van der Waals surface area contributed by atoms with Crippen molar-refractivity contribution < 1.29 is 59.5 Å². The van der Waals surface area contributed by atoms with Gasteiger partial charge in [-0.15, -0.1) is 0 Å². The fourth-order valence-electron chi connectivity index (χ4n) is 5.08. The summed E-state index contributed by atoms with van der Waals surface area (Å²) >= 11 is 0. The van der Waals surface area contributed by atoms with E-state index in [1.165, 1.54) is 14.0 Å². The second-order valence-electron chi connectivity index (χ2n) is 9.89. The van der Waals surface area contributed by atoms with Crippen LogP contribution in [-0.2, 0) is 23.7 Å². The summed E-state index contributed by atoms with van der Waals surface area (Å²) in [6.45, 7) is 0.620. The number of rotatable bonds is 9. The summed E-state index contributed by atoms with van der Waals surface area (Å²) in [5.74, 6) is -1.03. The van der Waals surface area contributed by atoms with Gasteiger partial charge < -0.3 is 82.9 Å². The lowest BCUT2D eigenvalue weighted by Gasteiger charge is -2.45. The minimum absolute atomic E-state index is 0.140. The van der Waals surface area contributed by atoms with E-state index < -0.39 is 110 Å². The number of hydrogen-bond donors (Lipinski definition) is 12. The molecule has 3 aliphatic rings. The molecule has 2 saturated heterocycles. The predicted molar refractivity (Wildman–Crippen MR) is 133 cm³/mol. The third kappa shape index (κ3) is 6.00. The average molecular weight is 582 g/mol. The first-order valence-corrected chi connectivity index (χ1v) is 12.4. The van der Waals surface area contributed by atoms with Crippen molar-refractivity contribution in [1.29, 1.82) is 0 Å². The largest absolute Gasteiger partial charge is 0.394 e. The van der Waals surface area contributed by atoms with Crippen LogP contribution in [0.15, 0.2) is 9.98 Å². The van der Waals surface area contributed by atoms with Crippen molar-refractivity contribution in [2.45, 2.75) is 98.2 Å². The molecule has 9 unspecified atom stereocenters. The summed E-state index contributed by atoms with van der Waals surface area (Å²) in [5.41, 5.74) is 19.4. The molecule has 3 rings (SSSR count). The van der Waals surface area contributed by atoms with Gasteiger partial charge >= 0.3 is 0 Å². The molecule has 16 N–H and O–H groups in total. The lowest BCUT2D eigenvalue weighted by atomic mass is 9.81. The monoisotopic (exact) mass is 581 g/mol. The van der Waals surface area contributed by atoms with Gasteiger partial charge in [-0.3, -0.25) is 4.79 Å². The van der Waals surface area contributed by atoms with Crippen molar-refractivity contribution in [2.75, 3.05) is 13.7 Å². The minimum atomic E-state index is -2.38.